The number of nitrogens with one attached hydrogen (secondary N) is 2. The van der Waals surface area contributed by atoms with Crippen LogP contribution in [0.25, 0.3) is 0 Å². The monoisotopic (exact) mass is 339 g/mol. The van der Waals surface area contributed by atoms with E-state index < -0.39 is 0 Å². The van der Waals surface area contributed by atoms with Gasteiger partial charge in [-0.2, -0.15) is 5.10 Å². The second-order valence-corrected chi connectivity index (χ2v) is 6.79. The smallest absolute Gasteiger partial charge is 0.272 e. The zero-order valence-corrected chi connectivity index (χ0v) is 14.2. The molecule has 2 atom stereocenters. The fourth-order valence-corrected chi connectivity index (χ4v) is 4.01. The molecule has 4 rings (SSSR count). The lowest BCUT2D eigenvalue weighted by molar-refractivity contribution is -0.127. The fraction of sp³-hybridized carbons (Fsp3) is 0.444. The summed E-state index contributed by atoms with van der Waals surface area (Å²) in [6.45, 7) is 0.448. The molecule has 3 heterocycles. The van der Waals surface area contributed by atoms with Crippen molar-refractivity contribution >= 4 is 11.8 Å². The van der Waals surface area contributed by atoms with Gasteiger partial charge in [-0.15, -0.1) is 0 Å². The summed E-state index contributed by atoms with van der Waals surface area (Å²) < 4.78 is 0. The number of nitrogens with zero attached hydrogens (tertiary/aromatic N) is 3. The van der Waals surface area contributed by atoms with E-state index >= 15 is 0 Å². The third kappa shape index (κ3) is 2.79. The van der Waals surface area contributed by atoms with Crippen LogP contribution in [0, 0.1) is 5.92 Å². The number of H-pyrrole nitrogens is 1. The SMILES string of the molecule is CN1C(=O)C[C@@H](CNC(=O)c2n[nH]c3c2CCC3)[C@@H]1c1ccncc1. The second-order valence-electron chi connectivity index (χ2n) is 6.79. The number of amides is 2. The molecule has 0 saturated carbocycles. The molecule has 0 unspecified atom stereocenters. The fourth-order valence-electron chi connectivity index (χ4n) is 4.01. The number of likely N-dealkylation sites (tertiary alicyclic amines) is 1. The highest BCUT2D eigenvalue weighted by Crippen LogP contribution is 2.36. The Morgan fingerprint density at radius 2 is 2.16 bits per heavy atom. The Morgan fingerprint density at radius 1 is 1.36 bits per heavy atom. The summed E-state index contributed by atoms with van der Waals surface area (Å²) in [5, 5.41) is 10.1. The van der Waals surface area contributed by atoms with Crippen LogP contribution < -0.4 is 5.32 Å². The Morgan fingerprint density at radius 3 is 2.96 bits per heavy atom. The van der Waals surface area contributed by atoms with Crippen molar-refractivity contribution in [1.29, 1.82) is 0 Å². The zero-order chi connectivity index (χ0) is 17.4. The maximum atomic E-state index is 12.5. The average Bonchev–Trinajstić information content (AvgIpc) is 3.29. The van der Waals surface area contributed by atoms with Crippen LogP contribution in [0.4, 0.5) is 0 Å². The van der Waals surface area contributed by atoms with E-state index in [0.717, 1.165) is 36.1 Å². The average molecular weight is 339 g/mol. The van der Waals surface area contributed by atoms with Crippen LogP contribution in [0.5, 0.6) is 0 Å². The predicted octanol–water partition coefficient (Wildman–Crippen LogP) is 1.24. The number of aryl methyl sites for hydroxylation is 1. The minimum Gasteiger partial charge on any atom is -0.350 e. The lowest BCUT2D eigenvalue weighted by Gasteiger charge is -2.25. The quantitative estimate of drug-likeness (QED) is 0.877. The molecule has 2 N–H and O–H groups in total. The van der Waals surface area contributed by atoms with E-state index in [0.29, 0.717) is 18.7 Å². The van der Waals surface area contributed by atoms with Crippen molar-refractivity contribution in [3.05, 3.63) is 47.0 Å². The Kier molecular flexibility index (Phi) is 3.99. The van der Waals surface area contributed by atoms with Gasteiger partial charge < -0.3 is 10.2 Å². The Balaban J connectivity index is 1.47. The first kappa shape index (κ1) is 15.8. The van der Waals surface area contributed by atoms with Gasteiger partial charge in [0.25, 0.3) is 5.91 Å². The summed E-state index contributed by atoms with van der Waals surface area (Å²) in [5.74, 6) is -0.0209. The van der Waals surface area contributed by atoms with Gasteiger partial charge in [0.15, 0.2) is 5.69 Å². The van der Waals surface area contributed by atoms with Gasteiger partial charge in [0.1, 0.15) is 0 Å². The van der Waals surface area contributed by atoms with Crippen molar-refractivity contribution in [2.75, 3.05) is 13.6 Å². The lowest BCUT2D eigenvalue weighted by atomic mass is 9.94. The van der Waals surface area contributed by atoms with Crippen molar-refractivity contribution in [2.45, 2.75) is 31.7 Å². The van der Waals surface area contributed by atoms with Gasteiger partial charge in [-0.25, -0.2) is 0 Å². The molecule has 1 fully saturated rings. The first-order valence-corrected chi connectivity index (χ1v) is 8.65. The van der Waals surface area contributed by atoms with Gasteiger partial charge in [-0.3, -0.25) is 19.7 Å². The maximum absolute atomic E-state index is 12.5. The van der Waals surface area contributed by atoms with Crippen LogP contribution in [-0.2, 0) is 17.6 Å². The van der Waals surface area contributed by atoms with Crippen LogP contribution in [0.1, 0.15) is 46.2 Å². The van der Waals surface area contributed by atoms with Crippen molar-refractivity contribution in [1.82, 2.24) is 25.4 Å². The summed E-state index contributed by atoms with van der Waals surface area (Å²) >= 11 is 0. The largest absolute Gasteiger partial charge is 0.350 e. The van der Waals surface area contributed by atoms with Crippen LogP contribution in [0.2, 0.25) is 0 Å². The molecule has 25 heavy (non-hydrogen) atoms. The molecule has 7 heteroatoms. The van der Waals surface area contributed by atoms with Gasteiger partial charge in [-0.05, 0) is 37.0 Å². The molecule has 7 nitrogen and oxygen atoms in total. The molecule has 2 aliphatic rings. The lowest BCUT2D eigenvalue weighted by Crippen LogP contribution is -2.33. The number of fused-ring (bicyclic) bond motifs is 1. The summed E-state index contributed by atoms with van der Waals surface area (Å²) in [7, 11) is 1.82. The molecule has 2 aromatic heterocycles. The van der Waals surface area contributed by atoms with Gasteiger partial charge in [0.2, 0.25) is 5.91 Å². The van der Waals surface area contributed by atoms with E-state index in [2.05, 4.69) is 20.5 Å². The van der Waals surface area contributed by atoms with Gasteiger partial charge in [0.05, 0.1) is 6.04 Å². The highest BCUT2D eigenvalue weighted by Gasteiger charge is 2.38. The molecule has 0 bridgehead atoms. The number of rotatable bonds is 4. The predicted molar refractivity (Wildman–Crippen MR) is 90.8 cm³/mol. The first-order valence-electron chi connectivity index (χ1n) is 8.65. The molecule has 2 amide bonds. The Labute approximate surface area is 145 Å². The summed E-state index contributed by atoms with van der Waals surface area (Å²) in [4.78, 5) is 30.5. The van der Waals surface area contributed by atoms with E-state index in [-0.39, 0.29) is 23.8 Å². The molecule has 1 aliphatic carbocycles. The summed E-state index contributed by atoms with van der Waals surface area (Å²) in [6, 6.07) is 3.81. The minimum atomic E-state index is -0.158. The molecule has 0 aromatic carbocycles. The number of aromatic nitrogens is 3. The highest BCUT2D eigenvalue weighted by molar-refractivity contribution is 5.94. The Bertz CT molecular complexity index is 801. The van der Waals surface area contributed by atoms with Gasteiger partial charge in [0, 0.05) is 49.6 Å². The van der Waals surface area contributed by atoms with E-state index in [9.17, 15) is 9.59 Å². The maximum Gasteiger partial charge on any atom is 0.272 e. The molecule has 2 aromatic rings. The normalized spacial score (nSPS) is 22.3. The van der Waals surface area contributed by atoms with Gasteiger partial charge in [-0.1, -0.05) is 0 Å². The standard InChI is InChI=1S/C18H21N5O2/c1-23-15(24)9-12(17(23)11-5-7-19-8-6-11)10-20-18(25)16-13-3-2-4-14(13)21-22-16/h5-8,12,17H,2-4,9-10H2,1H3,(H,20,25)(H,21,22)/t12-,17-/m0/s1. The number of carbonyl (C=O) groups excluding carboxylic acids is 2. The van der Waals surface area contributed by atoms with Crippen molar-refractivity contribution in [2.24, 2.45) is 5.92 Å². The molecule has 1 saturated heterocycles. The van der Waals surface area contributed by atoms with E-state index in [1.807, 2.05) is 19.2 Å². The first-order chi connectivity index (χ1) is 12.1. The highest BCUT2D eigenvalue weighted by atomic mass is 16.2. The van der Waals surface area contributed by atoms with Crippen LogP contribution in [-0.4, -0.2) is 45.5 Å². The van der Waals surface area contributed by atoms with E-state index in [4.69, 9.17) is 0 Å². The van der Waals surface area contributed by atoms with Crippen LogP contribution in [0.3, 0.4) is 0 Å². The third-order valence-electron chi connectivity index (χ3n) is 5.29. The van der Waals surface area contributed by atoms with Crippen LogP contribution >= 0.6 is 0 Å². The summed E-state index contributed by atoms with van der Waals surface area (Å²) in [6.07, 6.45) is 6.82. The van der Waals surface area contributed by atoms with Crippen molar-refractivity contribution in [3.63, 3.8) is 0 Å². The molecule has 0 radical (unpaired) electrons. The number of carbonyl (C=O) groups is 2. The van der Waals surface area contributed by atoms with Crippen molar-refractivity contribution < 1.29 is 9.59 Å². The number of aromatic amines is 1. The molecular weight excluding hydrogens is 318 g/mol. The molecule has 130 valence electrons. The molecular formula is C18H21N5O2. The number of hydrogen-bond acceptors (Lipinski definition) is 4. The third-order valence-corrected chi connectivity index (χ3v) is 5.29. The van der Waals surface area contributed by atoms with Crippen LogP contribution in [0.15, 0.2) is 24.5 Å². The molecule has 0 spiro atoms. The summed E-state index contributed by atoms with van der Waals surface area (Å²) in [5.41, 5.74) is 3.67. The number of pyridine rings is 1. The van der Waals surface area contributed by atoms with E-state index in [1.165, 1.54) is 0 Å². The second kappa shape index (κ2) is 6.31. The van der Waals surface area contributed by atoms with E-state index in [1.54, 1.807) is 17.3 Å². The minimum absolute atomic E-state index is 0.0378. The van der Waals surface area contributed by atoms with Crippen molar-refractivity contribution in [3.8, 4) is 0 Å². The number of hydrogen-bond donors (Lipinski definition) is 2. The molecule has 1 aliphatic heterocycles. The zero-order valence-electron chi connectivity index (χ0n) is 14.2. The van der Waals surface area contributed by atoms with Gasteiger partial charge >= 0.3 is 0 Å². The Hall–Kier alpha value is -2.70. The topological polar surface area (TPSA) is 91.0 Å².